The summed E-state index contributed by atoms with van der Waals surface area (Å²) in [5.74, 6) is 0. The summed E-state index contributed by atoms with van der Waals surface area (Å²) in [6.45, 7) is 0. The highest BCUT2D eigenvalue weighted by atomic mass is 79.9. The zero-order valence-electron chi connectivity index (χ0n) is 6.96. The Kier molecular flexibility index (Phi) is 4.48. The summed E-state index contributed by atoms with van der Waals surface area (Å²) >= 11 is 5.11. The maximum atomic E-state index is 3.34. The molecule has 12 heavy (non-hydrogen) atoms. The molecule has 0 aliphatic heterocycles. The fourth-order valence-corrected chi connectivity index (χ4v) is 1.49. The second kappa shape index (κ2) is 5.44. The molecule has 0 N–H and O–H groups in total. The molecule has 0 saturated heterocycles. The first-order valence-electron chi connectivity index (χ1n) is 3.73. The van der Waals surface area contributed by atoms with Crippen LogP contribution in [0, 0.1) is 0 Å². The van der Waals surface area contributed by atoms with Crippen LogP contribution in [0.1, 0.15) is 5.56 Å². The maximum Gasteiger partial charge on any atom is 0.0215 e. The van der Waals surface area contributed by atoms with Crippen LogP contribution in [0.5, 0.6) is 0 Å². The van der Waals surface area contributed by atoms with Crippen molar-refractivity contribution in [3.8, 4) is 0 Å². The molecular formula is C10H11BrS. The largest absolute Gasteiger partial charge is 0.130 e. The van der Waals surface area contributed by atoms with E-state index < -0.39 is 0 Å². The van der Waals surface area contributed by atoms with Gasteiger partial charge in [-0.05, 0) is 24.0 Å². The number of thioether (sulfide) groups is 1. The lowest BCUT2D eigenvalue weighted by atomic mass is 10.2. The highest BCUT2D eigenvalue weighted by molar-refractivity contribution is 9.09. The van der Waals surface area contributed by atoms with Crippen LogP contribution in [-0.4, -0.2) is 11.6 Å². The molecule has 2 heteroatoms. The van der Waals surface area contributed by atoms with Gasteiger partial charge in [-0.1, -0.05) is 40.2 Å². The summed E-state index contributed by atoms with van der Waals surface area (Å²) in [4.78, 5) is 1.31. The van der Waals surface area contributed by atoms with E-state index in [1.54, 1.807) is 11.8 Å². The molecule has 0 atom stereocenters. The SMILES string of the molecule is CSc1ccc(C=CCBr)cc1. The van der Waals surface area contributed by atoms with Crippen LogP contribution in [0.25, 0.3) is 6.08 Å². The quantitative estimate of drug-likeness (QED) is 0.574. The lowest BCUT2D eigenvalue weighted by Crippen LogP contribution is -1.72. The molecule has 0 bridgehead atoms. The average Bonchev–Trinajstić information content (AvgIpc) is 2.15. The molecule has 0 fully saturated rings. The van der Waals surface area contributed by atoms with Crippen LogP contribution in [0.4, 0.5) is 0 Å². The Hall–Kier alpha value is -0.210. The second-order valence-electron chi connectivity index (χ2n) is 2.33. The van der Waals surface area contributed by atoms with E-state index in [0.29, 0.717) is 0 Å². The van der Waals surface area contributed by atoms with Crippen LogP contribution in [0.15, 0.2) is 35.2 Å². The molecule has 0 heterocycles. The molecule has 64 valence electrons. The number of alkyl halides is 1. The molecule has 0 saturated carbocycles. The molecule has 1 aromatic carbocycles. The first kappa shape index (κ1) is 9.87. The second-order valence-corrected chi connectivity index (χ2v) is 3.86. The van der Waals surface area contributed by atoms with Crippen molar-refractivity contribution in [1.29, 1.82) is 0 Å². The molecule has 1 rings (SSSR count). The van der Waals surface area contributed by atoms with Gasteiger partial charge in [0.1, 0.15) is 0 Å². The smallest absolute Gasteiger partial charge is 0.0215 e. The third kappa shape index (κ3) is 3.03. The van der Waals surface area contributed by atoms with Crippen LogP contribution >= 0.6 is 27.7 Å². The topological polar surface area (TPSA) is 0 Å². The summed E-state index contributed by atoms with van der Waals surface area (Å²) in [7, 11) is 0. The van der Waals surface area contributed by atoms with Gasteiger partial charge in [-0.25, -0.2) is 0 Å². The lowest BCUT2D eigenvalue weighted by Gasteiger charge is -1.95. The Balaban J connectivity index is 2.71. The minimum atomic E-state index is 0.914. The Labute approximate surface area is 86.2 Å². The Bertz CT molecular complexity index is 251. The van der Waals surface area contributed by atoms with E-state index in [1.165, 1.54) is 10.5 Å². The van der Waals surface area contributed by atoms with Crippen LogP contribution < -0.4 is 0 Å². The number of allylic oxidation sites excluding steroid dienone is 1. The standard InChI is InChI=1S/C10H11BrS/c1-12-10-6-4-9(5-7-10)3-2-8-11/h2-7H,8H2,1H3. The van der Waals surface area contributed by atoms with Crippen molar-refractivity contribution in [2.75, 3.05) is 11.6 Å². The Morgan fingerprint density at radius 3 is 2.50 bits per heavy atom. The number of rotatable bonds is 3. The van der Waals surface area contributed by atoms with Crippen LogP contribution in [0.2, 0.25) is 0 Å². The molecule has 0 amide bonds. The first-order valence-corrected chi connectivity index (χ1v) is 6.08. The van der Waals surface area contributed by atoms with E-state index in [1.807, 2.05) is 0 Å². The van der Waals surface area contributed by atoms with E-state index in [-0.39, 0.29) is 0 Å². The van der Waals surface area contributed by atoms with E-state index in [0.717, 1.165) is 5.33 Å². The van der Waals surface area contributed by atoms with Gasteiger partial charge in [-0.15, -0.1) is 11.8 Å². The van der Waals surface area contributed by atoms with Gasteiger partial charge in [-0.2, -0.15) is 0 Å². The van der Waals surface area contributed by atoms with Crippen molar-refractivity contribution < 1.29 is 0 Å². The number of benzene rings is 1. The number of hydrogen-bond donors (Lipinski definition) is 0. The van der Waals surface area contributed by atoms with Gasteiger partial charge in [0.2, 0.25) is 0 Å². The van der Waals surface area contributed by atoms with Gasteiger partial charge in [0.25, 0.3) is 0 Å². The predicted octanol–water partition coefficient (Wildman–Crippen LogP) is 3.82. The van der Waals surface area contributed by atoms with Crippen molar-refractivity contribution in [2.24, 2.45) is 0 Å². The normalized spacial score (nSPS) is 10.8. The van der Waals surface area contributed by atoms with Gasteiger partial charge < -0.3 is 0 Å². The molecule has 0 nitrogen and oxygen atoms in total. The van der Waals surface area contributed by atoms with Gasteiger partial charge in [0, 0.05) is 10.2 Å². The van der Waals surface area contributed by atoms with E-state index in [2.05, 4.69) is 58.6 Å². The number of halogens is 1. The molecule has 0 aromatic heterocycles. The van der Waals surface area contributed by atoms with Gasteiger partial charge >= 0.3 is 0 Å². The van der Waals surface area contributed by atoms with Crippen LogP contribution in [0.3, 0.4) is 0 Å². The zero-order valence-corrected chi connectivity index (χ0v) is 9.36. The summed E-state index contributed by atoms with van der Waals surface area (Å²) < 4.78 is 0. The fraction of sp³-hybridized carbons (Fsp3) is 0.200. The maximum absolute atomic E-state index is 3.34. The monoisotopic (exact) mass is 242 g/mol. The molecular weight excluding hydrogens is 232 g/mol. The predicted molar refractivity (Wildman–Crippen MR) is 61.1 cm³/mol. The molecule has 1 aromatic rings. The van der Waals surface area contributed by atoms with Gasteiger partial charge in [0.15, 0.2) is 0 Å². The summed E-state index contributed by atoms with van der Waals surface area (Å²) in [5.41, 5.74) is 1.26. The third-order valence-electron chi connectivity index (χ3n) is 1.52. The molecule has 0 aliphatic rings. The van der Waals surface area contributed by atoms with Crippen molar-refractivity contribution in [3.05, 3.63) is 35.9 Å². The van der Waals surface area contributed by atoms with Gasteiger partial charge in [-0.3, -0.25) is 0 Å². The van der Waals surface area contributed by atoms with Crippen molar-refractivity contribution in [1.82, 2.24) is 0 Å². The molecule has 0 spiro atoms. The van der Waals surface area contributed by atoms with E-state index in [4.69, 9.17) is 0 Å². The van der Waals surface area contributed by atoms with Crippen LogP contribution in [-0.2, 0) is 0 Å². The van der Waals surface area contributed by atoms with E-state index in [9.17, 15) is 0 Å². The highest BCUT2D eigenvalue weighted by Gasteiger charge is 1.88. The highest BCUT2D eigenvalue weighted by Crippen LogP contribution is 2.15. The number of hydrogen-bond acceptors (Lipinski definition) is 1. The Morgan fingerprint density at radius 1 is 1.33 bits per heavy atom. The molecule has 0 unspecified atom stereocenters. The Morgan fingerprint density at radius 2 is 2.00 bits per heavy atom. The summed E-state index contributed by atoms with van der Waals surface area (Å²) in [6, 6.07) is 8.53. The minimum Gasteiger partial charge on any atom is -0.130 e. The van der Waals surface area contributed by atoms with Crippen molar-refractivity contribution >= 4 is 33.8 Å². The van der Waals surface area contributed by atoms with E-state index >= 15 is 0 Å². The lowest BCUT2D eigenvalue weighted by molar-refractivity contribution is 1.45. The third-order valence-corrected chi connectivity index (χ3v) is 2.63. The first-order chi connectivity index (χ1) is 5.86. The fourth-order valence-electron chi connectivity index (χ4n) is 0.896. The molecule has 0 radical (unpaired) electrons. The zero-order chi connectivity index (χ0) is 8.81. The molecule has 0 aliphatic carbocycles. The minimum absolute atomic E-state index is 0.914. The summed E-state index contributed by atoms with van der Waals surface area (Å²) in [6.07, 6.45) is 6.29. The summed E-state index contributed by atoms with van der Waals surface area (Å²) in [5, 5.41) is 0.914. The average molecular weight is 243 g/mol. The van der Waals surface area contributed by atoms with Crippen molar-refractivity contribution in [3.63, 3.8) is 0 Å². The van der Waals surface area contributed by atoms with Gasteiger partial charge in [0.05, 0.1) is 0 Å². The van der Waals surface area contributed by atoms with Crippen molar-refractivity contribution in [2.45, 2.75) is 4.90 Å².